The molecule has 0 bridgehead atoms. The zero-order chi connectivity index (χ0) is 19.2. The van der Waals surface area contributed by atoms with Crippen LogP contribution in [0.2, 0.25) is 5.02 Å². The average molecular weight is 399 g/mol. The first-order valence-corrected chi connectivity index (χ1v) is 9.74. The highest BCUT2D eigenvalue weighted by atomic mass is 35.5. The van der Waals surface area contributed by atoms with E-state index in [0.29, 0.717) is 22.0 Å². The van der Waals surface area contributed by atoms with E-state index >= 15 is 0 Å². The predicted molar refractivity (Wildman–Crippen MR) is 111 cm³/mol. The highest BCUT2D eigenvalue weighted by Gasteiger charge is 2.22. The number of carbonyl (C=O) groups is 2. The quantitative estimate of drug-likeness (QED) is 0.632. The van der Waals surface area contributed by atoms with E-state index in [4.69, 9.17) is 11.6 Å². The largest absolute Gasteiger partial charge is 0.339 e. The normalized spacial score (nSPS) is 11.6. The molecule has 1 heterocycles. The maximum absolute atomic E-state index is 12.9. The van der Waals surface area contributed by atoms with Crippen LogP contribution in [0.25, 0.3) is 0 Å². The van der Waals surface area contributed by atoms with Crippen molar-refractivity contribution in [2.24, 2.45) is 0 Å². The van der Waals surface area contributed by atoms with E-state index in [0.717, 1.165) is 11.1 Å². The van der Waals surface area contributed by atoms with E-state index in [1.807, 2.05) is 48.7 Å². The third-order valence-corrected chi connectivity index (χ3v) is 5.36. The minimum Gasteiger partial charge on any atom is -0.339 e. The molecule has 0 spiro atoms. The molecule has 4 nitrogen and oxygen atoms in total. The number of carbonyl (C=O) groups excluding carboxylic acids is 2. The van der Waals surface area contributed by atoms with Crippen LogP contribution in [-0.4, -0.2) is 17.9 Å². The van der Waals surface area contributed by atoms with Crippen molar-refractivity contribution in [3.63, 3.8) is 0 Å². The Morgan fingerprint density at radius 1 is 1.07 bits per heavy atom. The van der Waals surface area contributed by atoms with Gasteiger partial charge in [-0.2, -0.15) is 0 Å². The monoisotopic (exact) mass is 398 g/mol. The fraction of sp³-hybridized carbons (Fsp3) is 0.143. The molecule has 3 aromatic rings. The van der Waals surface area contributed by atoms with Crippen molar-refractivity contribution in [3.05, 3.63) is 87.1 Å². The van der Waals surface area contributed by atoms with Crippen LogP contribution < -0.4 is 10.6 Å². The van der Waals surface area contributed by atoms with Gasteiger partial charge in [0.25, 0.3) is 5.91 Å². The van der Waals surface area contributed by atoms with Gasteiger partial charge < -0.3 is 10.6 Å². The highest BCUT2D eigenvalue weighted by molar-refractivity contribution is 7.12. The number of hydrogen-bond acceptors (Lipinski definition) is 3. The smallest absolute Gasteiger partial charge is 0.262 e. The topological polar surface area (TPSA) is 58.2 Å². The van der Waals surface area contributed by atoms with Crippen molar-refractivity contribution in [3.8, 4) is 0 Å². The van der Waals surface area contributed by atoms with E-state index in [-0.39, 0.29) is 11.8 Å². The third kappa shape index (κ3) is 5.18. The summed E-state index contributed by atoms with van der Waals surface area (Å²) in [5.74, 6) is -0.549. The summed E-state index contributed by atoms with van der Waals surface area (Å²) in [6, 6.07) is 17.8. The summed E-state index contributed by atoms with van der Waals surface area (Å²) in [5, 5.41) is 8.09. The fourth-order valence-electron chi connectivity index (χ4n) is 2.60. The van der Waals surface area contributed by atoms with Crippen LogP contribution in [0.5, 0.6) is 0 Å². The van der Waals surface area contributed by atoms with Gasteiger partial charge in [0.15, 0.2) is 0 Å². The molecule has 0 saturated carbocycles. The standard InChI is InChI=1S/C21H19ClN2O2S/c1-14-9-10-16(13-17(14)22)23-20(25)18(12-15-6-3-2-4-7-15)24-21(26)19-8-5-11-27-19/h2-11,13,18H,12H2,1H3,(H,23,25)(H,24,26). The van der Waals surface area contributed by atoms with Gasteiger partial charge in [-0.15, -0.1) is 11.3 Å². The lowest BCUT2D eigenvalue weighted by atomic mass is 10.0. The van der Waals surface area contributed by atoms with Crippen LogP contribution in [0.1, 0.15) is 20.8 Å². The van der Waals surface area contributed by atoms with Crippen molar-refractivity contribution in [2.45, 2.75) is 19.4 Å². The molecule has 2 aromatic carbocycles. The molecular weight excluding hydrogens is 380 g/mol. The summed E-state index contributed by atoms with van der Waals surface area (Å²) in [6.07, 6.45) is 0.392. The molecule has 0 aliphatic heterocycles. The molecule has 2 N–H and O–H groups in total. The van der Waals surface area contributed by atoms with Crippen LogP contribution in [0, 0.1) is 6.92 Å². The molecule has 138 valence electrons. The SMILES string of the molecule is Cc1ccc(NC(=O)C(Cc2ccccc2)NC(=O)c2cccs2)cc1Cl. The van der Waals surface area contributed by atoms with E-state index in [1.165, 1.54) is 11.3 Å². The van der Waals surface area contributed by atoms with Crippen LogP contribution in [0.15, 0.2) is 66.0 Å². The zero-order valence-electron chi connectivity index (χ0n) is 14.7. The van der Waals surface area contributed by atoms with Gasteiger partial charge in [-0.05, 0) is 41.6 Å². The number of thiophene rings is 1. The van der Waals surface area contributed by atoms with Crippen molar-refractivity contribution in [1.29, 1.82) is 0 Å². The Morgan fingerprint density at radius 2 is 1.85 bits per heavy atom. The third-order valence-electron chi connectivity index (χ3n) is 4.09. The van der Waals surface area contributed by atoms with E-state index in [1.54, 1.807) is 24.3 Å². The lowest BCUT2D eigenvalue weighted by Crippen LogP contribution is -2.45. The molecular formula is C21H19ClN2O2S. The second-order valence-electron chi connectivity index (χ2n) is 6.15. The molecule has 2 amide bonds. The summed E-state index contributed by atoms with van der Waals surface area (Å²) in [7, 11) is 0. The first kappa shape index (κ1) is 19.1. The lowest BCUT2D eigenvalue weighted by molar-refractivity contribution is -0.118. The number of halogens is 1. The second-order valence-corrected chi connectivity index (χ2v) is 7.50. The molecule has 6 heteroatoms. The fourth-order valence-corrected chi connectivity index (χ4v) is 3.40. The lowest BCUT2D eigenvalue weighted by Gasteiger charge is -2.18. The van der Waals surface area contributed by atoms with Gasteiger partial charge in [0.1, 0.15) is 6.04 Å². The molecule has 0 aliphatic rings. The van der Waals surface area contributed by atoms with E-state index in [2.05, 4.69) is 10.6 Å². The Morgan fingerprint density at radius 3 is 2.52 bits per heavy atom. The number of nitrogens with one attached hydrogen (secondary N) is 2. The van der Waals surface area contributed by atoms with Gasteiger partial charge in [0, 0.05) is 17.1 Å². The summed E-state index contributed by atoms with van der Waals surface area (Å²) < 4.78 is 0. The Labute approximate surface area is 167 Å². The first-order chi connectivity index (χ1) is 13.0. The Balaban J connectivity index is 1.77. The Bertz CT molecular complexity index is 927. The molecule has 1 atom stereocenters. The number of benzene rings is 2. The van der Waals surface area contributed by atoms with Gasteiger partial charge in [0.2, 0.25) is 5.91 Å². The molecule has 0 fully saturated rings. The first-order valence-electron chi connectivity index (χ1n) is 8.48. The maximum Gasteiger partial charge on any atom is 0.262 e. The van der Waals surface area contributed by atoms with E-state index < -0.39 is 6.04 Å². The number of amides is 2. The highest BCUT2D eigenvalue weighted by Crippen LogP contribution is 2.20. The van der Waals surface area contributed by atoms with Crippen molar-refractivity contribution >= 4 is 40.4 Å². The van der Waals surface area contributed by atoms with Gasteiger partial charge >= 0.3 is 0 Å². The second kappa shape index (κ2) is 8.84. The van der Waals surface area contributed by atoms with Gasteiger partial charge in [-0.3, -0.25) is 9.59 Å². The van der Waals surface area contributed by atoms with Crippen molar-refractivity contribution in [2.75, 3.05) is 5.32 Å². The molecule has 0 aliphatic carbocycles. The molecule has 3 rings (SSSR count). The van der Waals surface area contributed by atoms with E-state index in [9.17, 15) is 9.59 Å². The number of hydrogen-bond donors (Lipinski definition) is 2. The average Bonchev–Trinajstić information content (AvgIpc) is 3.20. The number of anilines is 1. The van der Waals surface area contributed by atoms with Crippen LogP contribution in [-0.2, 0) is 11.2 Å². The van der Waals surface area contributed by atoms with Gasteiger partial charge in [0.05, 0.1) is 4.88 Å². The molecule has 27 heavy (non-hydrogen) atoms. The van der Waals surface area contributed by atoms with Crippen LogP contribution in [0.4, 0.5) is 5.69 Å². The number of rotatable bonds is 6. The number of aryl methyl sites for hydroxylation is 1. The molecule has 1 aromatic heterocycles. The van der Waals surface area contributed by atoms with Crippen LogP contribution >= 0.6 is 22.9 Å². The molecule has 1 unspecified atom stereocenters. The van der Waals surface area contributed by atoms with Crippen LogP contribution in [0.3, 0.4) is 0 Å². The summed E-state index contributed by atoms with van der Waals surface area (Å²) in [6.45, 7) is 1.90. The molecule has 0 saturated heterocycles. The van der Waals surface area contributed by atoms with Crippen molar-refractivity contribution in [1.82, 2.24) is 5.32 Å². The summed E-state index contributed by atoms with van der Waals surface area (Å²) >= 11 is 7.48. The summed E-state index contributed by atoms with van der Waals surface area (Å²) in [4.78, 5) is 25.9. The minimum atomic E-state index is -0.706. The Hall–Kier alpha value is -2.63. The van der Waals surface area contributed by atoms with Gasteiger partial charge in [-0.25, -0.2) is 0 Å². The predicted octanol–water partition coefficient (Wildman–Crippen LogP) is 4.69. The zero-order valence-corrected chi connectivity index (χ0v) is 16.3. The summed E-state index contributed by atoms with van der Waals surface area (Å²) in [5.41, 5.74) is 2.49. The van der Waals surface area contributed by atoms with Gasteiger partial charge in [-0.1, -0.05) is 54.1 Å². The van der Waals surface area contributed by atoms with Crippen molar-refractivity contribution < 1.29 is 9.59 Å². The Kier molecular flexibility index (Phi) is 6.27. The molecule has 0 radical (unpaired) electrons. The minimum absolute atomic E-state index is 0.261. The maximum atomic E-state index is 12.9.